The summed E-state index contributed by atoms with van der Waals surface area (Å²) < 4.78 is 18.6. The van der Waals surface area contributed by atoms with E-state index in [9.17, 15) is 9.18 Å². The molecule has 3 nitrogen and oxygen atoms in total. The fourth-order valence-electron chi connectivity index (χ4n) is 2.03. The van der Waals surface area contributed by atoms with E-state index in [0.717, 1.165) is 0 Å². The van der Waals surface area contributed by atoms with Gasteiger partial charge in [-0.15, -0.1) is 23.2 Å². The molecule has 2 aromatic carbocycles. The van der Waals surface area contributed by atoms with Crippen molar-refractivity contribution in [3.63, 3.8) is 0 Å². The molecule has 2 aromatic rings. The molecule has 1 atom stereocenters. The quantitative estimate of drug-likeness (QED) is 0.816. The van der Waals surface area contributed by atoms with Crippen LogP contribution in [-0.4, -0.2) is 10.2 Å². The number of para-hydroxylation sites is 2. The molecule has 1 amide bonds. The maximum absolute atomic E-state index is 14.0. The Labute approximate surface area is 137 Å². The number of ether oxygens (including phenoxy) is 1. The zero-order valence-electron chi connectivity index (χ0n) is 11.4. The topological polar surface area (TPSA) is 38.3 Å². The molecule has 1 unspecified atom stereocenters. The Morgan fingerprint density at radius 3 is 2.50 bits per heavy atom. The van der Waals surface area contributed by atoms with Gasteiger partial charge in [-0.2, -0.15) is 0 Å². The van der Waals surface area contributed by atoms with Crippen molar-refractivity contribution in [1.82, 2.24) is 0 Å². The average molecular weight is 340 g/mol. The summed E-state index contributed by atoms with van der Waals surface area (Å²) in [7, 11) is 0. The summed E-state index contributed by atoms with van der Waals surface area (Å²) in [5.74, 6) is -0.792. The molecule has 1 saturated carbocycles. The Kier molecular flexibility index (Phi) is 3.98. The third-order valence-corrected chi connectivity index (χ3v) is 4.17. The number of amides is 1. The van der Waals surface area contributed by atoms with Gasteiger partial charge in [-0.25, -0.2) is 4.39 Å². The predicted molar refractivity (Wildman–Crippen MR) is 84.1 cm³/mol. The van der Waals surface area contributed by atoms with Crippen molar-refractivity contribution in [3.8, 4) is 11.5 Å². The highest BCUT2D eigenvalue weighted by molar-refractivity contribution is 6.52. The SMILES string of the molecule is O=C(Nc1c(F)cccc1Oc1ccccc1)C1CC1(Cl)Cl. The summed E-state index contributed by atoms with van der Waals surface area (Å²) >= 11 is 11.7. The van der Waals surface area contributed by atoms with Gasteiger partial charge in [-0.05, 0) is 30.7 Å². The minimum absolute atomic E-state index is 0.0209. The van der Waals surface area contributed by atoms with Crippen molar-refractivity contribution < 1.29 is 13.9 Å². The molecule has 0 heterocycles. The standard InChI is InChI=1S/C16H12Cl2FNO2/c17-16(18)9-11(16)15(21)20-14-12(19)7-4-8-13(14)22-10-5-2-1-3-6-10/h1-8,11H,9H2,(H,20,21). The third-order valence-electron chi connectivity index (χ3n) is 3.34. The minimum Gasteiger partial charge on any atom is -0.455 e. The number of rotatable bonds is 4. The number of hydrogen-bond acceptors (Lipinski definition) is 2. The van der Waals surface area contributed by atoms with E-state index in [-0.39, 0.29) is 11.4 Å². The molecule has 1 fully saturated rings. The van der Waals surface area contributed by atoms with Gasteiger partial charge in [0.25, 0.3) is 0 Å². The lowest BCUT2D eigenvalue weighted by atomic mass is 10.2. The molecular formula is C16H12Cl2FNO2. The summed E-state index contributed by atoms with van der Waals surface area (Å²) in [6.45, 7) is 0. The van der Waals surface area contributed by atoms with Crippen LogP contribution in [0.5, 0.6) is 11.5 Å². The number of alkyl halides is 2. The summed E-state index contributed by atoms with van der Waals surface area (Å²) in [5.41, 5.74) is -0.0209. The fourth-order valence-corrected chi connectivity index (χ4v) is 2.54. The number of anilines is 1. The van der Waals surface area contributed by atoms with Crippen LogP contribution < -0.4 is 10.1 Å². The van der Waals surface area contributed by atoms with Crippen molar-refractivity contribution >= 4 is 34.8 Å². The first-order valence-electron chi connectivity index (χ1n) is 6.67. The Hall–Kier alpha value is -1.78. The molecule has 0 spiro atoms. The van der Waals surface area contributed by atoms with E-state index >= 15 is 0 Å². The summed E-state index contributed by atoms with van der Waals surface area (Å²) in [6.07, 6.45) is 0.352. The van der Waals surface area contributed by atoms with Crippen LogP contribution in [0.1, 0.15) is 6.42 Å². The number of carbonyl (C=O) groups is 1. The third kappa shape index (κ3) is 3.18. The van der Waals surface area contributed by atoms with Crippen molar-refractivity contribution in [1.29, 1.82) is 0 Å². The molecule has 0 radical (unpaired) electrons. The second-order valence-electron chi connectivity index (χ2n) is 5.04. The number of carbonyl (C=O) groups excluding carboxylic acids is 1. The van der Waals surface area contributed by atoms with E-state index in [4.69, 9.17) is 27.9 Å². The molecule has 0 bridgehead atoms. The lowest BCUT2D eigenvalue weighted by Gasteiger charge is -2.13. The lowest BCUT2D eigenvalue weighted by molar-refractivity contribution is -0.117. The van der Waals surface area contributed by atoms with Crippen LogP contribution in [0.25, 0.3) is 0 Å². The highest BCUT2D eigenvalue weighted by Gasteiger charge is 2.56. The van der Waals surface area contributed by atoms with Gasteiger partial charge < -0.3 is 10.1 Å². The summed E-state index contributed by atoms with van der Waals surface area (Å²) in [4.78, 5) is 12.0. The monoisotopic (exact) mass is 339 g/mol. The Morgan fingerprint density at radius 2 is 1.86 bits per heavy atom. The number of halogens is 3. The molecule has 1 aliphatic rings. The van der Waals surface area contributed by atoms with Crippen LogP contribution >= 0.6 is 23.2 Å². The number of nitrogens with one attached hydrogen (secondary N) is 1. The van der Waals surface area contributed by atoms with Gasteiger partial charge >= 0.3 is 0 Å². The van der Waals surface area contributed by atoms with Gasteiger partial charge in [0.2, 0.25) is 5.91 Å². The van der Waals surface area contributed by atoms with Crippen LogP contribution in [0.4, 0.5) is 10.1 Å². The summed E-state index contributed by atoms with van der Waals surface area (Å²) in [5, 5.41) is 2.51. The van der Waals surface area contributed by atoms with Crippen molar-refractivity contribution in [2.75, 3.05) is 5.32 Å². The predicted octanol–water partition coefficient (Wildman–Crippen LogP) is 4.75. The van der Waals surface area contributed by atoms with Gasteiger partial charge in [-0.1, -0.05) is 24.3 Å². The van der Waals surface area contributed by atoms with Gasteiger partial charge in [0.1, 0.15) is 15.8 Å². The van der Waals surface area contributed by atoms with E-state index < -0.39 is 22.0 Å². The number of hydrogen-bond donors (Lipinski definition) is 1. The fraction of sp³-hybridized carbons (Fsp3) is 0.188. The van der Waals surface area contributed by atoms with Crippen LogP contribution in [0, 0.1) is 11.7 Å². The van der Waals surface area contributed by atoms with Gasteiger partial charge in [0.15, 0.2) is 11.6 Å². The minimum atomic E-state index is -1.06. The highest BCUT2D eigenvalue weighted by Crippen LogP contribution is 2.53. The normalized spacial score (nSPS) is 18.6. The van der Waals surface area contributed by atoms with Crippen LogP contribution in [0.2, 0.25) is 0 Å². The first-order chi connectivity index (χ1) is 10.5. The molecule has 1 aliphatic carbocycles. The maximum Gasteiger partial charge on any atom is 0.230 e. The highest BCUT2D eigenvalue weighted by atomic mass is 35.5. The Balaban J connectivity index is 1.82. The van der Waals surface area contributed by atoms with E-state index in [1.54, 1.807) is 30.3 Å². The largest absolute Gasteiger partial charge is 0.455 e. The maximum atomic E-state index is 14.0. The Morgan fingerprint density at radius 1 is 1.18 bits per heavy atom. The Bertz CT molecular complexity index is 707. The molecule has 114 valence electrons. The van der Waals surface area contributed by atoms with E-state index in [1.807, 2.05) is 6.07 Å². The van der Waals surface area contributed by atoms with Crippen molar-refractivity contribution in [3.05, 3.63) is 54.3 Å². The smallest absolute Gasteiger partial charge is 0.230 e. The van der Waals surface area contributed by atoms with E-state index in [0.29, 0.717) is 12.2 Å². The van der Waals surface area contributed by atoms with Crippen LogP contribution in [0.3, 0.4) is 0 Å². The molecule has 1 N–H and O–H groups in total. The average Bonchev–Trinajstić information content (AvgIpc) is 3.13. The molecule has 3 rings (SSSR count). The first kappa shape index (κ1) is 15.1. The lowest BCUT2D eigenvalue weighted by Crippen LogP contribution is -2.18. The second-order valence-corrected chi connectivity index (χ2v) is 6.58. The van der Waals surface area contributed by atoms with Crippen LogP contribution in [-0.2, 0) is 4.79 Å². The molecule has 22 heavy (non-hydrogen) atoms. The molecular weight excluding hydrogens is 328 g/mol. The molecule has 0 saturated heterocycles. The van der Waals surface area contributed by atoms with E-state index in [2.05, 4.69) is 5.32 Å². The second kappa shape index (κ2) is 5.78. The van der Waals surface area contributed by atoms with Gasteiger partial charge in [0, 0.05) is 0 Å². The number of benzene rings is 2. The zero-order chi connectivity index (χ0) is 15.7. The van der Waals surface area contributed by atoms with Crippen molar-refractivity contribution in [2.45, 2.75) is 10.8 Å². The van der Waals surface area contributed by atoms with Crippen LogP contribution in [0.15, 0.2) is 48.5 Å². The molecule has 0 aromatic heterocycles. The van der Waals surface area contributed by atoms with Gasteiger partial charge in [-0.3, -0.25) is 4.79 Å². The zero-order valence-corrected chi connectivity index (χ0v) is 12.9. The van der Waals surface area contributed by atoms with Gasteiger partial charge in [0.05, 0.1) is 5.92 Å². The van der Waals surface area contributed by atoms with Crippen molar-refractivity contribution in [2.24, 2.45) is 5.92 Å². The summed E-state index contributed by atoms with van der Waals surface area (Å²) in [6, 6.07) is 13.2. The first-order valence-corrected chi connectivity index (χ1v) is 7.43. The molecule has 0 aliphatic heterocycles. The van der Waals surface area contributed by atoms with E-state index in [1.165, 1.54) is 12.1 Å². The molecule has 6 heteroatoms.